The molecule has 8 heteroatoms. The second-order valence-electron chi connectivity index (χ2n) is 4.19. The number of thiophene rings is 1. The van der Waals surface area contributed by atoms with Crippen molar-refractivity contribution in [3.05, 3.63) is 17.3 Å². The Morgan fingerprint density at radius 2 is 2.33 bits per heavy atom. The molecule has 1 atom stereocenters. The average Bonchev–Trinajstić information content (AvgIpc) is 2.97. The fourth-order valence-electron chi connectivity index (χ4n) is 1.95. The summed E-state index contributed by atoms with van der Waals surface area (Å²) in [6.45, 7) is 0. The van der Waals surface area contributed by atoms with Gasteiger partial charge in [-0.3, -0.25) is 0 Å². The largest absolute Gasteiger partial charge is 0.506 e. The Bertz CT molecular complexity index is 674. The lowest BCUT2D eigenvalue weighted by atomic mass is 10.1. The van der Waals surface area contributed by atoms with Crippen LogP contribution < -0.4 is 0 Å². The van der Waals surface area contributed by atoms with Crippen LogP contribution in [0.1, 0.15) is 18.2 Å². The first kappa shape index (κ1) is 11.7. The Morgan fingerprint density at radius 3 is 2.94 bits per heavy atom. The topological polar surface area (TPSA) is 93.3 Å². The van der Waals surface area contributed by atoms with E-state index < -0.39 is 9.84 Å². The normalized spacial score (nSPS) is 22.3. The van der Waals surface area contributed by atoms with Gasteiger partial charge in [0.25, 0.3) is 5.89 Å². The maximum Gasteiger partial charge on any atom is 0.271 e. The minimum absolute atomic E-state index is 0.0718. The summed E-state index contributed by atoms with van der Waals surface area (Å²) in [5.41, 5.74) is 0. The van der Waals surface area contributed by atoms with Crippen LogP contribution >= 0.6 is 11.3 Å². The van der Waals surface area contributed by atoms with Crippen LogP contribution in [0, 0.1) is 0 Å². The molecule has 96 valence electrons. The molecule has 1 N–H and O–H groups in total. The molecule has 1 aliphatic heterocycles. The zero-order valence-corrected chi connectivity index (χ0v) is 10.9. The number of aromatic hydroxyl groups is 1. The third kappa shape index (κ3) is 2.01. The lowest BCUT2D eigenvalue weighted by molar-refractivity contribution is 0.415. The average molecular weight is 286 g/mol. The first-order chi connectivity index (χ1) is 8.55. The van der Waals surface area contributed by atoms with Crippen molar-refractivity contribution in [2.24, 2.45) is 0 Å². The fourth-order valence-corrected chi connectivity index (χ4v) is 4.40. The van der Waals surface area contributed by atoms with Gasteiger partial charge in [0.1, 0.15) is 10.6 Å². The van der Waals surface area contributed by atoms with Gasteiger partial charge in [-0.1, -0.05) is 5.16 Å². The number of rotatable bonds is 2. The van der Waals surface area contributed by atoms with E-state index in [0.717, 1.165) is 0 Å². The predicted octanol–water partition coefficient (Wildman–Crippen LogP) is 1.41. The van der Waals surface area contributed by atoms with Crippen molar-refractivity contribution in [3.63, 3.8) is 0 Å². The first-order valence-corrected chi connectivity index (χ1v) is 8.06. The Labute approximate surface area is 107 Å². The quantitative estimate of drug-likeness (QED) is 0.897. The summed E-state index contributed by atoms with van der Waals surface area (Å²) < 4.78 is 27.8. The van der Waals surface area contributed by atoms with Crippen molar-refractivity contribution < 1.29 is 18.0 Å². The van der Waals surface area contributed by atoms with Gasteiger partial charge in [0.05, 0.1) is 11.5 Å². The summed E-state index contributed by atoms with van der Waals surface area (Å²) in [6, 6.07) is 1.55. The Balaban J connectivity index is 1.89. The highest BCUT2D eigenvalue weighted by molar-refractivity contribution is 7.91. The molecule has 0 aliphatic carbocycles. The molecule has 2 aromatic rings. The molecule has 3 rings (SSSR count). The summed E-state index contributed by atoms with van der Waals surface area (Å²) in [4.78, 5) is 4.68. The van der Waals surface area contributed by atoms with Crippen LogP contribution in [0.3, 0.4) is 0 Å². The second kappa shape index (κ2) is 4.06. The Kier molecular flexibility index (Phi) is 2.63. The lowest BCUT2D eigenvalue weighted by Crippen LogP contribution is -2.04. The maximum absolute atomic E-state index is 11.4. The molecule has 1 aliphatic rings. The summed E-state index contributed by atoms with van der Waals surface area (Å²) >= 11 is 1.29. The molecule has 0 spiro atoms. The summed E-state index contributed by atoms with van der Waals surface area (Å²) in [7, 11) is -2.96. The highest BCUT2D eigenvalue weighted by atomic mass is 32.2. The molecule has 0 bridgehead atoms. The highest BCUT2D eigenvalue weighted by Crippen LogP contribution is 2.35. The third-order valence-electron chi connectivity index (χ3n) is 2.88. The molecular weight excluding hydrogens is 276 g/mol. The van der Waals surface area contributed by atoms with Gasteiger partial charge in [-0.15, -0.1) is 11.3 Å². The van der Waals surface area contributed by atoms with Crippen molar-refractivity contribution in [2.45, 2.75) is 12.3 Å². The van der Waals surface area contributed by atoms with Gasteiger partial charge >= 0.3 is 0 Å². The van der Waals surface area contributed by atoms with Crippen LogP contribution in [0.4, 0.5) is 0 Å². The van der Waals surface area contributed by atoms with Crippen molar-refractivity contribution in [1.82, 2.24) is 10.1 Å². The number of nitrogens with zero attached hydrogens (tertiary/aromatic N) is 2. The van der Waals surface area contributed by atoms with Gasteiger partial charge in [0.2, 0.25) is 0 Å². The summed E-state index contributed by atoms with van der Waals surface area (Å²) in [5, 5.41) is 15.1. The molecule has 0 saturated carbocycles. The molecular formula is C10H10N2O4S2. The smallest absolute Gasteiger partial charge is 0.271 e. The summed E-state index contributed by atoms with van der Waals surface area (Å²) in [5.74, 6) is 0.776. The molecule has 0 radical (unpaired) electrons. The van der Waals surface area contributed by atoms with E-state index in [-0.39, 0.29) is 29.1 Å². The Morgan fingerprint density at radius 1 is 1.50 bits per heavy atom. The predicted molar refractivity (Wildman–Crippen MR) is 65.3 cm³/mol. The van der Waals surface area contributed by atoms with Crippen molar-refractivity contribution in [3.8, 4) is 16.5 Å². The number of hydrogen-bond donors (Lipinski definition) is 1. The van der Waals surface area contributed by atoms with E-state index in [4.69, 9.17) is 4.52 Å². The van der Waals surface area contributed by atoms with Crippen LogP contribution in [0.5, 0.6) is 5.75 Å². The lowest BCUT2D eigenvalue weighted by Gasteiger charge is -1.97. The second-order valence-corrected chi connectivity index (χ2v) is 7.34. The Hall–Kier alpha value is -1.41. The van der Waals surface area contributed by atoms with Gasteiger partial charge < -0.3 is 9.63 Å². The standard InChI is InChI=1S/C10H10N2O4S2/c13-7-1-3-17-8(7)10-11-9(12-16-10)6-2-4-18(14,15)5-6/h1,3,6,13H,2,4-5H2. The number of sulfone groups is 1. The van der Waals surface area contributed by atoms with Gasteiger partial charge in [-0.25, -0.2) is 8.42 Å². The zero-order chi connectivity index (χ0) is 12.8. The fraction of sp³-hybridized carbons (Fsp3) is 0.400. The van der Waals surface area contributed by atoms with Gasteiger partial charge in [0.15, 0.2) is 15.7 Å². The third-order valence-corrected chi connectivity index (χ3v) is 5.54. The molecule has 1 fully saturated rings. The van der Waals surface area contributed by atoms with E-state index >= 15 is 0 Å². The van der Waals surface area contributed by atoms with Crippen LogP contribution in [0.2, 0.25) is 0 Å². The van der Waals surface area contributed by atoms with E-state index in [2.05, 4.69) is 10.1 Å². The molecule has 6 nitrogen and oxygen atoms in total. The van der Waals surface area contributed by atoms with Crippen molar-refractivity contribution in [2.75, 3.05) is 11.5 Å². The molecule has 0 amide bonds. The van der Waals surface area contributed by atoms with Crippen molar-refractivity contribution >= 4 is 21.2 Å². The van der Waals surface area contributed by atoms with E-state index in [1.165, 1.54) is 11.3 Å². The van der Waals surface area contributed by atoms with Gasteiger partial charge in [-0.2, -0.15) is 4.98 Å². The van der Waals surface area contributed by atoms with E-state index in [0.29, 0.717) is 17.1 Å². The first-order valence-electron chi connectivity index (χ1n) is 5.36. The van der Waals surface area contributed by atoms with E-state index in [9.17, 15) is 13.5 Å². The maximum atomic E-state index is 11.4. The molecule has 0 aromatic carbocycles. The number of hydrogen-bond acceptors (Lipinski definition) is 7. The van der Waals surface area contributed by atoms with Gasteiger partial charge in [0, 0.05) is 5.92 Å². The van der Waals surface area contributed by atoms with Crippen LogP contribution in [-0.2, 0) is 9.84 Å². The van der Waals surface area contributed by atoms with Crippen LogP contribution in [0.25, 0.3) is 10.8 Å². The zero-order valence-electron chi connectivity index (χ0n) is 9.24. The molecule has 1 saturated heterocycles. The SMILES string of the molecule is O=S1(=O)CCC(c2noc(-c3sccc3O)n2)C1. The minimum atomic E-state index is -2.96. The summed E-state index contributed by atoms with van der Waals surface area (Å²) in [6.07, 6.45) is 0.526. The van der Waals surface area contributed by atoms with Crippen LogP contribution in [0.15, 0.2) is 16.0 Å². The monoisotopic (exact) mass is 286 g/mol. The minimum Gasteiger partial charge on any atom is -0.506 e. The molecule has 1 unspecified atom stereocenters. The molecule has 3 heterocycles. The van der Waals surface area contributed by atoms with Gasteiger partial charge in [-0.05, 0) is 17.9 Å². The van der Waals surface area contributed by atoms with Crippen LogP contribution in [-0.4, -0.2) is 35.2 Å². The van der Waals surface area contributed by atoms with E-state index in [1.54, 1.807) is 11.4 Å². The highest BCUT2D eigenvalue weighted by Gasteiger charge is 2.32. The molecule has 2 aromatic heterocycles. The van der Waals surface area contributed by atoms with Crippen molar-refractivity contribution in [1.29, 1.82) is 0 Å². The molecule has 18 heavy (non-hydrogen) atoms. The number of aromatic nitrogens is 2. The van der Waals surface area contributed by atoms with E-state index in [1.807, 2.05) is 0 Å².